The minimum atomic E-state index is 0.356. The van der Waals surface area contributed by atoms with Crippen LogP contribution in [0.4, 0.5) is 0 Å². The number of ether oxygens (including phenoxy) is 1. The Hall–Kier alpha value is -0.670. The van der Waals surface area contributed by atoms with Crippen molar-refractivity contribution in [3.8, 4) is 0 Å². The molecule has 0 aromatic carbocycles. The highest BCUT2D eigenvalue weighted by molar-refractivity contribution is 5.96. The van der Waals surface area contributed by atoms with Crippen molar-refractivity contribution in [1.29, 1.82) is 0 Å². The number of Topliss-reactive ketones (excluding diaryl/α,β-unsaturated/α-hetero) is 1. The maximum absolute atomic E-state index is 11.7. The van der Waals surface area contributed by atoms with E-state index in [0.29, 0.717) is 11.8 Å². The van der Waals surface area contributed by atoms with Gasteiger partial charge < -0.3 is 4.74 Å². The maximum Gasteiger partial charge on any atom is 0.159 e. The summed E-state index contributed by atoms with van der Waals surface area (Å²) in [6.45, 7) is 2.74. The van der Waals surface area contributed by atoms with Gasteiger partial charge in [0.25, 0.3) is 0 Å². The minimum absolute atomic E-state index is 0.356. The summed E-state index contributed by atoms with van der Waals surface area (Å²) in [7, 11) is 1.75. The Morgan fingerprint density at radius 3 is 3.12 bits per heavy atom. The second-order valence-corrected chi connectivity index (χ2v) is 4.77. The molecule has 2 aliphatic rings. The highest BCUT2D eigenvalue weighted by atomic mass is 16.5. The predicted molar refractivity (Wildman–Crippen MR) is 63.4 cm³/mol. The molecule has 0 N–H and O–H groups in total. The standard InChI is InChI=1S/C13H21NO2/c1-16-10-12-6-4-8-14(12)9-11-5-2-3-7-13(11)15/h5,12H,2-4,6-10H2,1H3/t12-/m0/s1. The largest absolute Gasteiger partial charge is 0.383 e. The smallest absolute Gasteiger partial charge is 0.159 e. The summed E-state index contributed by atoms with van der Waals surface area (Å²) in [6, 6.07) is 0.514. The van der Waals surface area contributed by atoms with Crippen molar-refractivity contribution >= 4 is 5.78 Å². The van der Waals surface area contributed by atoms with Crippen molar-refractivity contribution in [3.05, 3.63) is 11.6 Å². The SMILES string of the molecule is COC[C@@H]1CCCN1CC1=CCCCC1=O. The first-order valence-electron chi connectivity index (χ1n) is 6.26. The minimum Gasteiger partial charge on any atom is -0.383 e. The topological polar surface area (TPSA) is 29.5 Å². The van der Waals surface area contributed by atoms with Crippen molar-refractivity contribution in [2.24, 2.45) is 0 Å². The highest BCUT2D eigenvalue weighted by Gasteiger charge is 2.26. The van der Waals surface area contributed by atoms with Crippen molar-refractivity contribution in [2.75, 3.05) is 26.8 Å². The molecule has 1 heterocycles. The Labute approximate surface area is 97.5 Å². The third-order valence-electron chi connectivity index (χ3n) is 3.59. The molecule has 3 heteroatoms. The molecule has 0 bridgehead atoms. The van der Waals surface area contributed by atoms with Crippen LogP contribution in [0.1, 0.15) is 32.1 Å². The molecule has 1 fully saturated rings. The Bertz CT molecular complexity index is 286. The molecule has 0 unspecified atom stereocenters. The van der Waals surface area contributed by atoms with E-state index in [1.165, 1.54) is 12.8 Å². The molecule has 0 radical (unpaired) electrons. The van der Waals surface area contributed by atoms with E-state index < -0.39 is 0 Å². The number of ketones is 1. The molecule has 0 aromatic heterocycles. The summed E-state index contributed by atoms with van der Waals surface area (Å²) in [6.07, 6.45) is 7.42. The number of likely N-dealkylation sites (tertiary alicyclic amines) is 1. The summed E-state index contributed by atoms with van der Waals surface area (Å²) in [5.41, 5.74) is 1.04. The molecule has 1 aliphatic carbocycles. The normalized spacial score (nSPS) is 27.2. The second kappa shape index (κ2) is 5.60. The van der Waals surface area contributed by atoms with Crippen molar-refractivity contribution in [1.82, 2.24) is 4.90 Å². The number of allylic oxidation sites excluding steroid dienone is 1. The van der Waals surface area contributed by atoms with E-state index in [-0.39, 0.29) is 0 Å². The molecule has 0 aromatic rings. The number of carbonyl (C=O) groups excluding carboxylic acids is 1. The first-order valence-corrected chi connectivity index (χ1v) is 6.26. The van der Waals surface area contributed by atoms with Crippen LogP contribution >= 0.6 is 0 Å². The van der Waals surface area contributed by atoms with Crippen molar-refractivity contribution in [2.45, 2.75) is 38.1 Å². The quantitative estimate of drug-likeness (QED) is 0.727. The number of hydrogen-bond acceptors (Lipinski definition) is 3. The van der Waals surface area contributed by atoms with Crippen LogP contribution in [-0.4, -0.2) is 43.5 Å². The van der Waals surface area contributed by atoms with Gasteiger partial charge in [-0.15, -0.1) is 0 Å². The highest BCUT2D eigenvalue weighted by Crippen LogP contribution is 2.21. The van der Waals surface area contributed by atoms with E-state index in [0.717, 1.165) is 44.5 Å². The Balaban J connectivity index is 1.92. The zero-order valence-corrected chi connectivity index (χ0v) is 10.1. The average molecular weight is 223 g/mol. The summed E-state index contributed by atoms with van der Waals surface area (Å²) in [5.74, 6) is 0.356. The molecule has 16 heavy (non-hydrogen) atoms. The van der Waals surface area contributed by atoms with Crippen LogP contribution in [0, 0.1) is 0 Å². The zero-order chi connectivity index (χ0) is 11.4. The molecule has 1 saturated heterocycles. The van der Waals surface area contributed by atoms with Gasteiger partial charge in [0.1, 0.15) is 0 Å². The molecular weight excluding hydrogens is 202 g/mol. The lowest BCUT2D eigenvalue weighted by molar-refractivity contribution is -0.116. The zero-order valence-electron chi connectivity index (χ0n) is 10.1. The number of methoxy groups -OCH3 is 1. The fourth-order valence-corrected chi connectivity index (χ4v) is 2.67. The van der Waals surface area contributed by atoms with Gasteiger partial charge in [0.05, 0.1) is 6.61 Å². The number of hydrogen-bond donors (Lipinski definition) is 0. The van der Waals surface area contributed by atoms with E-state index in [2.05, 4.69) is 11.0 Å². The number of carbonyl (C=O) groups is 1. The summed E-state index contributed by atoms with van der Waals surface area (Å²) in [5, 5.41) is 0. The Kier molecular flexibility index (Phi) is 4.13. The lowest BCUT2D eigenvalue weighted by Gasteiger charge is -2.25. The van der Waals surface area contributed by atoms with Crippen LogP contribution in [0.2, 0.25) is 0 Å². The average Bonchev–Trinajstić information content (AvgIpc) is 2.70. The van der Waals surface area contributed by atoms with Gasteiger partial charge in [-0.3, -0.25) is 9.69 Å². The van der Waals surface area contributed by atoms with Crippen molar-refractivity contribution in [3.63, 3.8) is 0 Å². The van der Waals surface area contributed by atoms with E-state index in [4.69, 9.17) is 4.74 Å². The van der Waals surface area contributed by atoms with E-state index in [1.807, 2.05) is 0 Å². The molecule has 0 saturated carbocycles. The monoisotopic (exact) mass is 223 g/mol. The van der Waals surface area contributed by atoms with Crippen LogP contribution < -0.4 is 0 Å². The Morgan fingerprint density at radius 1 is 1.50 bits per heavy atom. The molecule has 0 spiro atoms. The molecule has 0 amide bonds. The summed E-state index contributed by atoms with van der Waals surface area (Å²) < 4.78 is 5.23. The summed E-state index contributed by atoms with van der Waals surface area (Å²) in [4.78, 5) is 14.1. The van der Waals surface area contributed by atoms with Gasteiger partial charge in [-0.1, -0.05) is 6.08 Å². The van der Waals surface area contributed by atoms with E-state index >= 15 is 0 Å². The lowest BCUT2D eigenvalue weighted by atomic mass is 9.97. The van der Waals surface area contributed by atoms with Gasteiger partial charge in [-0.25, -0.2) is 0 Å². The first-order chi connectivity index (χ1) is 7.81. The van der Waals surface area contributed by atoms with Crippen LogP contribution in [0.5, 0.6) is 0 Å². The van der Waals surface area contributed by atoms with Gasteiger partial charge in [-0.2, -0.15) is 0 Å². The lowest BCUT2D eigenvalue weighted by Crippen LogP contribution is -2.36. The van der Waals surface area contributed by atoms with Crippen LogP contribution in [0.15, 0.2) is 11.6 Å². The molecule has 3 nitrogen and oxygen atoms in total. The molecular formula is C13H21NO2. The fraction of sp³-hybridized carbons (Fsp3) is 0.769. The summed E-state index contributed by atoms with van der Waals surface area (Å²) >= 11 is 0. The molecule has 90 valence electrons. The first kappa shape index (κ1) is 11.8. The van der Waals surface area contributed by atoms with Gasteiger partial charge in [0.2, 0.25) is 0 Å². The molecule has 1 atom stereocenters. The van der Waals surface area contributed by atoms with E-state index in [1.54, 1.807) is 7.11 Å². The number of rotatable bonds is 4. The van der Waals surface area contributed by atoms with Crippen LogP contribution in [0.3, 0.4) is 0 Å². The predicted octanol–water partition coefficient (Wildman–Crippen LogP) is 1.78. The van der Waals surface area contributed by atoms with Gasteiger partial charge in [0, 0.05) is 31.7 Å². The van der Waals surface area contributed by atoms with Crippen LogP contribution in [0.25, 0.3) is 0 Å². The van der Waals surface area contributed by atoms with Crippen molar-refractivity contribution < 1.29 is 9.53 Å². The molecule has 2 rings (SSSR count). The Morgan fingerprint density at radius 2 is 2.38 bits per heavy atom. The molecule has 1 aliphatic heterocycles. The van der Waals surface area contributed by atoms with Gasteiger partial charge in [-0.05, 0) is 32.2 Å². The third kappa shape index (κ3) is 2.71. The number of nitrogens with zero attached hydrogens (tertiary/aromatic N) is 1. The third-order valence-corrected chi connectivity index (χ3v) is 3.59. The van der Waals surface area contributed by atoms with E-state index in [9.17, 15) is 4.79 Å². The van der Waals surface area contributed by atoms with Gasteiger partial charge in [0.15, 0.2) is 5.78 Å². The fourth-order valence-electron chi connectivity index (χ4n) is 2.67. The van der Waals surface area contributed by atoms with Gasteiger partial charge >= 0.3 is 0 Å². The van der Waals surface area contributed by atoms with Crippen LogP contribution in [-0.2, 0) is 9.53 Å². The maximum atomic E-state index is 11.7. The second-order valence-electron chi connectivity index (χ2n) is 4.77.